The number of nitrogens with one attached hydrogen (secondary N) is 1. The van der Waals surface area contributed by atoms with E-state index in [-0.39, 0.29) is 16.8 Å². The number of para-hydroxylation sites is 1. The van der Waals surface area contributed by atoms with Gasteiger partial charge in [-0.05, 0) is 44.2 Å². The van der Waals surface area contributed by atoms with Crippen molar-refractivity contribution >= 4 is 22.6 Å². The zero-order chi connectivity index (χ0) is 21.4. The molecular formula is C22H21N5O3. The molecule has 4 aromatic rings. The van der Waals surface area contributed by atoms with Crippen LogP contribution in [0.15, 0.2) is 64.3 Å². The number of carbonyl (C=O) groups is 1. The lowest BCUT2D eigenvalue weighted by Gasteiger charge is -2.10. The summed E-state index contributed by atoms with van der Waals surface area (Å²) in [7, 11) is 1.74. The number of amides is 1. The lowest BCUT2D eigenvalue weighted by Crippen LogP contribution is -2.30. The van der Waals surface area contributed by atoms with Crippen molar-refractivity contribution in [2.75, 3.05) is 5.32 Å². The van der Waals surface area contributed by atoms with Crippen LogP contribution in [0.1, 0.15) is 23.0 Å². The zero-order valence-electron chi connectivity index (χ0n) is 16.9. The lowest BCUT2D eigenvalue weighted by atomic mass is 10.2. The molecule has 152 valence electrons. The molecule has 3 aromatic heterocycles. The van der Waals surface area contributed by atoms with Crippen molar-refractivity contribution in [2.45, 2.75) is 20.4 Å². The zero-order valence-corrected chi connectivity index (χ0v) is 16.9. The minimum absolute atomic E-state index is 0.0359. The van der Waals surface area contributed by atoms with Crippen LogP contribution in [0.5, 0.6) is 0 Å². The molecule has 0 saturated carbocycles. The lowest BCUT2D eigenvalue weighted by molar-refractivity contribution is 0.102. The first kappa shape index (κ1) is 19.4. The largest absolute Gasteiger partial charge is 0.316 e. The summed E-state index contributed by atoms with van der Waals surface area (Å²) in [5.41, 5.74) is 1.07. The highest BCUT2D eigenvalue weighted by atomic mass is 16.2. The number of nitrogens with zero attached hydrogens (tertiary/aromatic N) is 4. The predicted octanol–water partition coefficient (Wildman–Crippen LogP) is 2.47. The van der Waals surface area contributed by atoms with Gasteiger partial charge in [-0.25, -0.2) is 9.67 Å². The SMILES string of the molecule is CCn1c(=O)c(C(=O)Nc2c(C)n(C)n(-c3ccccc3)c2=O)cc2cccnc21. The normalized spacial score (nSPS) is 11.0. The molecule has 0 saturated heterocycles. The number of aryl methyl sites for hydroxylation is 1. The minimum Gasteiger partial charge on any atom is -0.316 e. The molecule has 0 aliphatic carbocycles. The monoisotopic (exact) mass is 403 g/mol. The Morgan fingerprint density at radius 3 is 2.50 bits per heavy atom. The highest BCUT2D eigenvalue weighted by Gasteiger charge is 2.21. The van der Waals surface area contributed by atoms with Crippen LogP contribution < -0.4 is 16.4 Å². The fraction of sp³-hybridized carbons (Fsp3) is 0.182. The fourth-order valence-electron chi connectivity index (χ4n) is 3.56. The molecule has 0 fully saturated rings. The third kappa shape index (κ3) is 3.02. The Kier molecular flexibility index (Phi) is 4.83. The molecule has 3 heterocycles. The summed E-state index contributed by atoms with van der Waals surface area (Å²) >= 11 is 0. The van der Waals surface area contributed by atoms with E-state index in [1.54, 1.807) is 37.0 Å². The van der Waals surface area contributed by atoms with Crippen LogP contribution in [0, 0.1) is 6.92 Å². The highest BCUT2D eigenvalue weighted by Crippen LogP contribution is 2.16. The molecule has 30 heavy (non-hydrogen) atoms. The summed E-state index contributed by atoms with van der Waals surface area (Å²) in [5.74, 6) is -0.626. The highest BCUT2D eigenvalue weighted by molar-refractivity contribution is 6.05. The average molecular weight is 403 g/mol. The van der Waals surface area contributed by atoms with E-state index in [9.17, 15) is 14.4 Å². The van der Waals surface area contributed by atoms with Crippen LogP contribution in [0.4, 0.5) is 5.69 Å². The first-order valence-electron chi connectivity index (χ1n) is 9.58. The van der Waals surface area contributed by atoms with Gasteiger partial charge in [-0.2, -0.15) is 0 Å². The van der Waals surface area contributed by atoms with Gasteiger partial charge in [-0.1, -0.05) is 18.2 Å². The van der Waals surface area contributed by atoms with Crippen molar-refractivity contribution in [3.63, 3.8) is 0 Å². The molecule has 8 nitrogen and oxygen atoms in total. The van der Waals surface area contributed by atoms with Gasteiger partial charge < -0.3 is 5.32 Å². The molecule has 8 heteroatoms. The molecule has 1 amide bonds. The first-order chi connectivity index (χ1) is 14.4. The van der Waals surface area contributed by atoms with Gasteiger partial charge in [0.15, 0.2) is 0 Å². The van der Waals surface area contributed by atoms with E-state index in [0.29, 0.717) is 29.0 Å². The van der Waals surface area contributed by atoms with Crippen LogP contribution in [0.25, 0.3) is 16.7 Å². The van der Waals surface area contributed by atoms with Gasteiger partial charge in [-0.3, -0.25) is 23.6 Å². The van der Waals surface area contributed by atoms with Crippen molar-refractivity contribution in [1.29, 1.82) is 0 Å². The molecule has 0 aliphatic rings. The second kappa shape index (κ2) is 7.47. The Bertz CT molecular complexity index is 1380. The molecule has 4 rings (SSSR count). The molecule has 1 N–H and O–H groups in total. The predicted molar refractivity (Wildman–Crippen MR) is 115 cm³/mol. The van der Waals surface area contributed by atoms with Crippen LogP contribution in [0.3, 0.4) is 0 Å². The molecule has 0 aliphatic heterocycles. The summed E-state index contributed by atoms with van der Waals surface area (Å²) in [6.07, 6.45) is 1.60. The van der Waals surface area contributed by atoms with Crippen molar-refractivity contribution in [2.24, 2.45) is 7.05 Å². The number of fused-ring (bicyclic) bond motifs is 1. The van der Waals surface area contributed by atoms with E-state index in [1.807, 2.05) is 37.3 Å². The first-order valence-corrected chi connectivity index (χ1v) is 9.58. The Hall–Kier alpha value is -3.94. The Labute approximate surface area is 172 Å². The van der Waals surface area contributed by atoms with Gasteiger partial charge in [0, 0.05) is 25.2 Å². The number of carbonyl (C=O) groups excluding carboxylic acids is 1. The summed E-state index contributed by atoms with van der Waals surface area (Å²) in [4.78, 5) is 43.2. The van der Waals surface area contributed by atoms with Crippen LogP contribution in [0.2, 0.25) is 0 Å². The molecule has 1 aromatic carbocycles. The van der Waals surface area contributed by atoms with Crippen molar-refractivity contribution in [1.82, 2.24) is 18.9 Å². The van der Waals surface area contributed by atoms with Crippen molar-refractivity contribution in [3.05, 3.63) is 86.7 Å². The Balaban J connectivity index is 1.80. The number of aromatic nitrogens is 4. The smallest absolute Gasteiger partial charge is 0.295 e. The second-order valence-corrected chi connectivity index (χ2v) is 6.91. The maximum Gasteiger partial charge on any atom is 0.295 e. The minimum atomic E-state index is -0.626. The fourth-order valence-corrected chi connectivity index (χ4v) is 3.56. The van der Waals surface area contributed by atoms with Crippen LogP contribution in [-0.4, -0.2) is 24.8 Å². The van der Waals surface area contributed by atoms with E-state index in [0.717, 1.165) is 0 Å². The van der Waals surface area contributed by atoms with E-state index in [2.05, 4.69) is 10.3 Å². The summed E-state index contributed by atoms with van der Waals surface area (Å²) < 4.78 is 4.59. The summed E-state index contributed by atoms with van der Waals surface area (Å²) in [5, 5.41) is 3.33. The van der Waals surface area contributed by atoms with Gasteiger partial charge >= 0.3 is 0 Å². The number of hydrogen-bond acceptors (Lipinski definition) is 4. The molecule has 0 unspecified atom stereocenters. The summed E-state index contributed by atoms with van der Waals surface area (Å²) in [6.45, 7) is 3.93. The number of benzene rings is 1. The number of hydrogen-bond donors (Lipinski definition) is 1. The Morgan fingerprint density at radius 1 is 1.07 bits per heavy atom. The maximum absolute atomic E-state index is 13.0. The maximum atomic E-state index is 13.0. The number of pyridine rings is 2. The van der Waals surface area contributed by atoms with Crippen molar-refractivity contribution < 1.29 is 4.79 Å². The van der Waals surface area contributed by atoms with Gasteiger partial charge in [0.25, 0.3) is 17.0 Å². The molecule has 0 atom stereocenters. The number of rotatable bonds is 4. The third-order valence-corrected chi connectivity index (χ3v) is 5.20. The van der Waals surface area contributed by atoms with E-state index in [4.69, 9.17) is 0 Å². The van der Waals surface area contributed by atoms with Gasteiger partial charge in [0.1, 0.15) is 16.9 Å². The summed E-state index contributed by atoms with van der Waals surface area (Å²) in [6, 6.07) is 14.2. The molecule has 0 spiro atoms. The topological polar surface area (TPSA) is 90.9 Å². The van der Waals surface area contributed by atoms with E-state index < -0.39 is 11.5 Å². The van der Waals surface area contributed by atoms with Gasteiger partial charge in [-0.15, -0.1) is 0 Å². The third-order valence-electron chi connectivity index (χ3n) is 5.20. The average Bonchev–Trinajstić information content (AvgIpc) is 2.97. The molecular weight excluding hydrogens is 382 g/mol. The van der Waals surface area contributed by atoms with Gasteiger partial charge in [0.2, 0.25) is 0 Å². The van der Waals surface area contributed by atoms with Crippen molar-refractivity contribution in [3.8, 4) is 5.69 Å². The van der Waals surface area contributed by atoms with Crippen LogP contribution >= 0.6 is 0 Å². The van der Waals surface area contributed by atoms with E-state index in [1.165, 1.54) is 15.3 Å². The van der Waals surface area contributed by atoms with Crippen LogP contribution in [-0.2, 0) is 13.6 Å². The van der Waals surface area contributed by atoms with Gasteiger partial charge in [0.05, 0.1) is 11.4 Å². The standard InChI is InChI=1S/C22H21N5O3/c1-4-26-19-15(9-8-12-23-19)13-17(21(26)29)20(28)24-18-14(2)25(3)27(22(18)30)16-10-6-5-7-11-16/h5-13H,4H2,1-3H3,(H,24,28). The number of anilines is 1. The Morgan fingerprint density at radius 2 is 1.80 bits per heavy atom. The molecule has 0 radical (unpaired) electrons. The quantitative estimate of drug-likeness (QED) is 0.567. The van der Waals surface area contributed by atoms with E-state index >= 15 is 0 Å². The second-order valence-electron chi connectivity index (χ2n) is 6.91. The molecule has 0 bridgehead atoms.